The summed E-state index contributed by atoms with van der Waals surface area (Å²) in [4.78, 5) is 2.16. The third-order valence-electron chi connectivity index (χ3n) is 5.27. The first-order chi connectivity index (χ1) is 10.2. The number of nitrogens with zero attached hydrogens (tertiary/aromatic N) is 2. The fourth-order valence-corrected chi connectivity index (χ4v) is 3.91. The van der Waals surface area contributed by atoms with Crippen molar-refractivity contribution in [3.05, 3.63) is 29.8 Å². The first-order valence-electron chi connectivity index (χ1n) is 7.63. The molecule has 2 aliphatic rings. The maximum Gasteiger partial charge on any atom is 0.115 e. The fourth-order valence-electron chi connectivity index (χ4n) is 3.91. The monoisotopic (exact) mass is 286 g/mol. The van der Waals surface area contributed by atoms with Gasteiger partial charge in [-0.25, -0.2) is 0 Å². The Morgan fingerprint density at radius 2 is 2.33 bits per heavy atom. The number of likely N-dealkylation sites (tertiary alicyclic amines) is 1. The molecule has 1 aromatic carbocycles. The van der Waals surface area contributed by atoms with Gasteiger partial charge in [-0.3, -0.25) is 4.90 Å². The van der Waals surface area contributed by atoms with Gasteiger partial charge in [-0.2, -0.15) is 5.26 Å². The van der Waals surface area contributed by atoms with E-state index < -0.39 is 0 Å². The zero-order chi connectivity index (χ0) is 14.9. The lowest BCUT2D eigenvalue weighted by atomic mass is 9.65. The second kappa shape index (κ2) is 5.67. The maximum atomic E-state index is 9.85. The Hall–Kier alpha value is -1.57. The van der Waals surface area contributed by atoms with Gasteiger partial charge in [0, 0.05) is 18.6 Å². The van der Waals surface area contributed by atoms with Crippen LogP contribution in [-0.2, 0) is 10.2 Å². The average Bonchev–Trinajstić information content (AvgIpc) is 2.65. The van der Waals surface area contributed by atoms with E-state index in [2.05, 4.69) is 17.0 Å². The van der Waals surface area contributed by atoms with Crippen LogP contribution < -0.4 is 0 Å². The van der Waals surface area contributed by atoms with Crippen molar-refractivity contribution in [3.8, 4) is 11.8 Å². The summed E-state index contributed by atoms with van der Waals surface area (Å²) in [5, 5.41) is 19.3. The summed E-state index contributed by atoms with van der Waals surface area (Å²) in [7, 11) is 2.03. The Morgan fingerprint density at radius 1 is 1.48 bits per heavy atom. The zero-order valence-electron chi connectivity index (χ0n) is 12.5. The van der Waals surface area contributed by atoms with Crippen LogP contribution in [-0.4, -0.2) is 42.9 Å². The molecule has 0 amide bonds. The summed E-state index contributed by atoms with van der Waals surface area (Å²) in [6.07, 6.45) is 2.84. The summed E-state index contributed by atoms with van der Waals surface area (Å²) >= 11 is 0. The van der Waals surface area contributed by atoms with E-state index in [0.29, 0.717) is 18.3 Å². The maximum absolute atomic E-state index is 9.85. The third-order valence-corrected chi connectivity index (χ3v) is 5.27. The van der Waals surface area contributed by atoms with E-state index >= 15 is 0 Å². The molecule has 2 fully saturated rings. The number of hydrogen-bond acceptors (Lipinski definition) is 4. The van der Waals surface area contributed by atoms with Crippen LogP contribution in [0, 0.1) is 17.2 Å². The quantitative estimate of drug-likeness (QED) is 0.860. The molecular formula is C17H22N2O2. The number of ether oxygens (including phenoxy) is 1. The second-order valence-electron chi connectivity index (χ2n) is 6.36. The standard InChI is InChI=1S/C17H22N2O2/c1-19-7-6-17(13-3-2-4-16(20)10-13)12-21-8-5-14(17)9-15(19)11-18/h2-4,10,14-15,20H,5-9,12H2,1H3/t14?,15?,17-/m1/s1. The molecule has 0 saturated carbocycles. The number of aromatic hydroxyl groups is 1. The van der Waals surface area contributed by atoms with E-state index in [1.165, 1.54) is 0 Å². The molecule has 0 radical (unpaired) electrons. The minimum absolute atomic E-state index is 0.0210. The Morgan fingerprint density at radius 3 is 3.10 bits per heavy atom. The van der Waals surface area contributed by atoms with E-state index in [1.807, 2.05) is 19.2 Å². The van der Waals surface area contributed by atoms with Gasteiger partial charge in [0.05, 0.1) is 18.7 Å². The minimum Gasteiger partial charge on any atom is -0.508 e. The number of phenolic OH excluding ortho intramolecular Hbond substituents is 1. The molecule has 3 rings (SSSR count). The van der Waals surface area contributed by atoms with Crippen LogP contribution in [0.2, 0.25) is 0 Å². The van der Waals surface area contributed by atoms with Crippen LogP contribution in [0.3, 0.4) is 0 Å². The molecule has 2 saturated heterocycles. The summed E-state index contributed by atoms with van der Waals surface area (Å²) in [5.74, 6) is 0.739. The van der Waals surface area contributed by atoms with Gasteiger partial charge in [0.25, 0.3) is 0 Å². The summed E-state index contributed by atoms with van der Waals surface area (Å²) < 4.78 is 5.81. The number of nitriles is 1. The van der Waals surface area contributed by atoms with Crippen molar-refractivity contribution in [1.29, 1.82) is 5.26 Å². The number of hydrogen-bond donors (Lipinski definition) is 1. The molecule has 4 nitrogen and oxygen atoms in total. The van der Waals surface area contributed by atoms with Gasteiger partial charge in [-0.05, 0) is 49.9 Å². The van der Waals surface area contributed by atoms with Gasteiger partial charge in [-0.1, -0.05) is 12.1 Å². The molecule has 112 valence electrons. The van der Waals surface area contributed by atoms with Gasteiger partial charge in [0.2, 0.25) is 0 Å². The Balaban J connectivity index is 2.01. The van der Waals surface area contributed by atoms with E-state index in [4.69, 9.17) is 4.74 Å². The summed E-state index contributed by atoms with van der Waals surface area (Å²) in [5.41, 5.74) is 1.08. The molecule has 0 aromatic heterocycles. The highest BCUT2D eigenvalue weighted by atomic mass is 16.5. The first-order valence-corrected chi connectivity index (χ1v) is 7.63. The van der Waals surface area contributed by atoms with E-state index in [-0.39, 0.29) is 11.5 Å². The van der Waals surface area contributed by atoms with E-state index in [0.717, 1.165) is 38.0 Å². The van der Waals surface area contributed by atoms with E-state index in [9.17, 15) is 10.4 Å². The van der Waals surface area contributed by atoms with Crippen molar-refractivity contribution < 1.29 is 9.84 Å². The Labute approximate surface area is 125 Å². The van der Waals surface area contributed by atoms with Crippen molar-refractivity contribution in [2.24, 2.45) is 5.92 Å². The SMILES string of the molecule is CN1CC[C@]2(c3cccc(O)c3)COCCC2CC1C#N. The molecule has 1 N–H and O–H groups in total. The number of rotatable bonds is 1. The normalized spacial score (nSPS) is 33.7. The van der Waals surface area contributed by atoms with Crippen molar-refractivity contribution in [2.75, 3.05) is 26.8 Å². The molecule has 1 aromatic rings. The molecule has 0 spiro atoms. The lowest BCUT2D eigenvalue weighted by molar-refractivity contribution is -0.00890. The number of fused-ring (bicyclic) bond motifs is 1. The molecule has 2 aliphatic heterocycles. The fraction of sp³-hybridized carbons (Fsp3) is 0.588. The first kappa shape index (κ1) is 14.4. The average molecular weight is 286 g/mol. The van der Waals surface area contributed by atoms with Crippen molar-refractivity contribution >= 4 is 0 Å². The third kappa shape index (κ3) is 2.52. The summed E-state index contributed by atoms with van der Waals surface area (Å²) in [6, 6.07) is 9.99. The molecule has 0 bridgehead atoms. The largest absolute Gasteiger partial charge is 0.508 e. The van der Waals surface area contributed by atoms with Gasteiger partial charge >= 0.3 is 0 Å². The van der Waals surface area contributed by atoms with Gasteiger partial charge < -0.3 is 9.84 Å². The number of benzene rings is 1. The van der Waals surface area contributed by atoms with Crippen LogP contribution in [0.25, 0.3) is 0 Å². The smallest absolute Gasteiger partial charge is 0.115 e. The van der Waals surface area contributed by atoms with Crippen LogP contribution in [0.4, 0.5) is 0 Å². The molecule has 2 unspecified atom stereocenters. The molecule has 3 atom stereocenters. The Kier molecular flexibility index (Phi) is 3.88. The molecule has 2 heterocycles. The lowest BCUT2D eigenvalue weighted by Crippen LogP contribution is -2.44. The topological polar surface area (TPSA) is 56.5 Å². The minimum atomic E-state index is -0.0726. The lowest BCUT2D eigenvalue weighted by Gasteiger charge is -2.43. The number of phenols is 1. The van der Waals surface area contributed by atoms with E-state index in [1.54, 1.807) is 6.07 Å². The van der Waals surface area contributed by atoms with Crippen LogP contribution in [0.15, 0.2) is 24.3 Å². The summed E-state index contributed by atoms with van der Waals surface area (Å²) in [6.45, 7) is 2.34. The molecule has 4 heteroatoms. The Bertz CT molecular complexity index is 554. The van der Waals surface area contributed by atoms with Gasteiger partial charge in [-0.15, -0.1) is 0 Å². The highest BCUT2D eigenvalue weighted by Crippen LogP contribution is 2.46. The van der Waals surface area contributed by atoms with Crippen LogP contribution in [0.1, 0.15) is 24.8 Å². The van der Waals surface area contributed by atoms with Crippen molar-refractivity contribution in [2.45, 2.75) is 30.7 Å². The second-order valence-corrected chi connectivity index (χ2v) is 6.36. The van der Waals surface area contributed by atoms with Crippen molar-refractivity contribution in [3.63, 3.8) is 0 Å². The van der Waals surface area contributed by atoms with Crippen molar-refractivity contribution in [1.82, 2.24) is 4.90 Å². The highest BCUT2D eigenvalue weighted by Gasteiger charge is 2.46. The van der Waals surface area contributed by atoms with Crippen LogP contribution in [0.5, 0.6) is 5.75 Å². The van der Waals surface area contributed by atoms with Crippen LogP contribution >= 0.6 is 0 Å². The predicted octanol–water partition coefficient (Wildman–Crippen LogP) is 2.28. The van der Waals surface area contributed by atoms with Gasteiger partial charge in [0.1, 0.15) is 5.75 Å². The zero-order valence-corrected chi connectivity index (χ0v) is 12.5. The predicted molar refractivity (Wildman–Crippen MR) is 80.0 cm³/mol. The molecule has 0 aliphatic carbocycles. The highest BCUT2D eigenvalue weighted by molar-refractivity contribution is 5.35. The molecular weight excluding hydrogens is 264 g/mol. The molecule has 21 heavy (non-hydrogen) atoms. The van der Waals surface area contributed by atoms with Gasteiger partial charge in [0.15, 0.2) is 0 Å².